The van der Waals surface area contributed by atoms with E-state index in [1.54, 1.807) is 0 Å². The van der Waals surface area contributed by atoms with E-state index in [9.17, 15) is 0 Å². The van der Waals surface area contributed by atoms with Crippen molar-refractivity contribution in [3.8, 4) is 0 Å². The first-order valence-electron chi connectivity index (χ1n) is 7.97. The molecule has 4 nitrogen and oxygen atoms in total. The van der Waals surface area contributed by atoms with Crippen molar-refractivity contribution in [2.24, 2.45) is 4.99 Å². The van der Waals surface area contributed by atoms with E-state index in [0.717, 1.165) is 19.0 Å². The summed E-state index contributed by atoms with van der Waals surface area (Å²) in [5.74, 6) is 0.967. The summed E-state index contributed by atoms with van der Waals surface area (Å²) in [5, 5.41) is 3.53. The Hall–Kier alpha value is -1.76. The Bertz CT molecular complexity index is 685. The van der Waals surface area contributed by atoms with Crippen molar-refractivity contribution >= 4 is 35.6 Å². The van der Waals surface area contributed by atoms with Gasteiger partial charge in [-0.1, -0.05) is 42.5 Å². The fraction of sp³-hybridized carbons (Fsp3) is 0.316. The van der Waals surface area contributed by atoms with Gasteiger partial charge in [0.15, 0.2) is 5.96 Å². The van der Waals surface area contributed by atoms with Gasteiger partial charge in [-0.25, -0.2) is 0 Å². The number of rotatable bonds is 4. The minimum Gasteiger partial charge on any atom is -0.378 e. The summed E-state index contributed by atoms with van der Waals surface area (Å²) < 4.78 is 0. The van der Waals surface area contributed by atoms with E-state index in [1.165, 1.54) is 16.8 Å². The van der Waals surface area contributed by atoms with E-state index in [1.807, 2.05) is 6.07 Å². The molecule has 2 aromatic rings. The SMILES string of the molecule is CN(Cc1cccc(N(C)C)c1)C1=NCC(c2ccccc2)N1.I. The van der Waals surface area contributed by atoms with Gasteiger partial charge in [-0.15, -0.1) is 24.0 Å². The lowest BCUT2D eigenvalue weighted by molar-refractivity contribution is 0.480. The summed E-state index contributed by atoms with van der Waals surface area (Å²) in [6.07, 6.45) is 0. The molecule has 0 bridgehead atoms. The summed E-state index contributed by atoms with van der Waals surface area (Å²) in [6, 6.07) is 19.4. The predicted octanol–water partition coefficient (Wildman–Crippen LogP) is 3.50. The molecule has 0 amide bonds. The molecule has 1 aliphatic heterocycles. The van der Waals surface area contributed by atoms with Crippen LogP contribution in [0.15, 0.2) is 59.6 Å². The zero-order valence-corrected chi connectivity index (χ0v) is 16.8. The molecule has 1 atom stereocenters. The molecule has 0 aromatic heterocycles. The molecule has 128 valence electrons. The quantitative estimate of drug-likeness (QED) is 0.745. The molecule has 2 aromatic carbocycles. The van der Waals surface area contributed by atoms with Gasteiger partial charge in [0.2, 0.25) is 0 Å². The zero-order chi connectivity index (χ0) is 16.2. The van der Waals surface area contributed by atoms with Gasteiger partial charge in [-0.2, -0.15) is 0 Å². The van der Waals surface area contributed by atoms with Gasteiger partial charge in [0.25, 0.3) is 0 Å². The van der Waals surface area contributed by atoms with E-state index in [2.05, 4.69) is 89.8 Å². The summed E-state index contributed by atoms with van der Waals surface area (Å²) in [7, 11) is 6.22. The van der Waals surface area contributed by atoms with Crippen molar-refractivity contribution in [1.29, 1.82) is 0 Å². The van der Waals surface area contributed by atoms with Crippen LogP contribution in [0.2, 0.25) is 0 Å². The number of hydrogen-bond acceptors (Lipinski definition) is 4. The number of guanidine groups is 1. The van der Waals surface area contributed by atoms with Gasteiger partial charge < -0.3 is 15.1 Å². The zero-order valence-electron chi connectivity index (χ0n) is 14.4. The normalized spacial score (nSPS) is 16.0. The van der Waals surface area contributed by atoms with E-state index < -0.39 is 0 Å². The number of nitrogens with one attached hydrogen (secondary N) is 1. The lowest BCUT2D eigenvalue weighted by Gasteiger charge is -2.22. The molecule has 3 rings (SSSR count). The highest BCUT2D eigenvalue weighted by Crippen LogP contribution is 2.19. The van der Waals surface area contributed by atoms with Gasteiger partial charge in [-0.3, -0.25) is 4.99 Å². The van der Waals surface area contributed by atoms with Crippen molar-refractivity contribution in [1.82, 2.24) is 10.2 Å². The summed E-state index contributed by atoms with van der Waals surface area (Å²) in [6.45, 7) is 1.64. The summed E-state index contributed by atoms with van der Waals surface area (Å²) in [4.78, 5) is 8.97. The monoisotopic (exact) mass is 436 g/mol. The standard InChI is InChI=1S/C19H24N4.HI/c1-22(2)17-11-7-8-15(12-17)14-23(3)19-20-13-18(21-19)16-9-5-4-6-10-16;/h4-12,18H,13-14H2,1-3H3,(H,20,21);1H. The molecule has 1 aliphatic rings. The highest BCUT2D eigenvalue weighted by molar-refractivity contribution is 14.0. The molecular formula is C19H25IN4. The van der Waals surface area contributed by atoms with Crippen molar-refractivity contribution in [2.75, 3.05) is 32.6 Å². The van der Waals surface area contributed by atoms with Gasteiger partial charge in [-0.05, 0) is 23.3 Å². The van der Waals surface area contributed by atoms with Crippen LogP contribution < -0.4 is 10.2 Å². The van der Waals surface area contributed by atoms with Crippen LogP contribution in [0.3, 0.4) is 0 Å². The minimum absolute atomic E-state index is 0. The fourth-order valence-electron chi connectivity index (χ4n) is 2.81. The van der Waals surface area contributed by atoms with Gasteiger partial charge in [0.05, 0.1) is 12.6 Å². The molecule has 0 spiro atoms. The third kappa shape index (κ3) is 4.41. The second-order valence-electron chi connectivity index (χ2n) is 6.19. The van der Waals surface area contributed by atoms with Crippen LogP contribution in [0.5, 0.6) is 0 Å². The van der Waals surface area contributed by atoms with E-state index in [4.69, 9.17) is 0 Å². The molecular weight excluding hydrogens is 411 g/mol. The Morgan fingerprint density at radius 2 is 1.79 bits per heavy atom. The lowest BCUT2D eigenvalue weighted by Crippen LogP contribution is -2.36. The molecule has 0 saturated carbocycles. The minimum atomic E-state index is 0. The summed E-state index contributed by atoms with van der Waals surface area (Å²) >= 11 is 0. The van der Waals surface area contributed by atoms with Crippen LogP contribution in [0.1, 0.15) is 17.2 Å². The van der Waals surface area contributed by atoms with Gasteiger partial charge in [0.1, 0.15) is 0 Å². The third-order valence-electron chi connectivity index (χ3n) is 4.14. The first-order valence-corrected chi connectivity index (χ1v) is 7.97. The number of nitrogens with zero attached hydrogens (tertiary/aromatic N) is 3. The second-order valence-corrected chi connectivity index (χ2v) is 6.19. The molecule has 1 heterocycles. The molecule has 24 heavy (non-hydrogen) atoms. The van der Waals surface area contributed by atoms with Crippen LogP contribution in [0.25, 0.3) is 0 Å². The van der Waals surface area contributed by atoms with E-state index in [-0.39, 0.29) is 30.0 Å². The largest absolute Gasteiger partial charge is 0.378 e. The molecule has 1 N–H and O–H groups in total. The van der Waals surface area contributed by atoms with Crippen molar-refractivity contribution in [3.05, 3.63) is 65.7 Å². The van der Waals surface area contributed by atoms with Crippen molar-refractivity contribution in [3.63, 3.8) is 0 Å². The maximum Gasteiger partial charge on any atom is 0.194 e. The Morgan fingerprint density at radius 1 is 1.04 bits per heavy atom. The maximum absolute atomic E-state index is 4.67. The smallest absolute Gasteiger partial charge is 0.194 e. The second kappa shape index (κ2) is 8.37. The number of aliphatic imine (C=N–C) groups is 1. The maximum atomic E-state index is 4.67. The van der Waals surface area contributed by atoms with Crippen molar-refractivity contribution in [2.45, 2.75) is 12.6 Å². The molecule has 5 heteroatoms. The number of benzene rings is 2. The number of halogens is 1. The molecule has 0 aliphatic carbocycles. The van der Waals surface area contributed by atoms with Gasteiger partial charge >= 0.3 is 0 Å². The molecule has 1 unspecified atom stereocenters. The third-order valence-corrected chi connectivity index (χ3v) is 4.14. The van der Waals surface area contributed by atoms with Gasteiger partial charge in [0, 0.05) is 33.4 Å². The van der Waals surface area contributed by atoms with Crippen LogP contribution in [0, 0.1) is 0 Å². The first-order chi connectivity index (χ1) is 11.1. The number of hydrogen-bond donors (Lipinski definition) is 1. The van der Waals surface area contributed by atoms with Crippen LogP contribution >= 0.6 is 24.0 Å². The average Bonchev–Trinajstić information content (AvgIpc) is 3.06. The Balaban J connectivity index is 0.00000208. The predicted molar refractivity (Wildman–Crippen MR) is 112 cm³/mol. The fourth-order valence-corrected chi connectivity index (χ4v) is 2.81. The number of anilines is 1. The highest BCUT2D eigenvalue weighted by Gasteiger charge is 2.21. The summed E-state index contributed by atoms with van der Waals surface area (Å²) in [5.41, 5.74) is 3.79. The highest BCUT2D eigenvalue weighted by atomic mass is 127. The van der Waals surface area contributed by atoms with Crippen LogP contribution in [-0.2, 0) is 6.54 Å². The Morgan fingerprint density at radius 3 is 2.50 bits per heavy atom. The Labute approximate surface area is 161 Å². The van der Waals surface area contributed by atoms with E-state index >= 15 is 0 Å². The molecule has 0 fully saturated rings. The first kappa shape index (κ1) is 18.6. The Kier molecular flexibility index (Phi) is 6.48. The lowest BCUT2D eigenvalue weighted by atomic mass is 10.1. The molecule has 0 saturated heterocycles. The van der Waals surface area contributed by atoms with Crippen LogP contribution in [0.4, 0.5) is 5.69 Å². The molecule has 0 radical (unpaired) electrons. The average molecular weight is 436 g/mol. The topological polar surface area (TPSA) is 30.9 Å². The van der Waals surface area contributed by atoms with Crippen LogP contribution in [-0.4, -0.2) is 38.5 Å². The van der Waals surface area contributed by atoms with Crippen molar-refractivity contribution < 1.29 is 0 Å². The van der Waals surface area contributed by atoms with E-state index in [0.29, 0.717) is 0 Å².